The molecule has 94 valence electrons. The van der Waals surface area contributed by atoms with E-state index in [2.05, 4.69) is 17.1 Å². The van der Waals surface area contributed by atoms with Crippen molar-refractivity contribution in [1.82, 2.24) is 10.2 Å². The maximum absolute atomic E-state index is 13.0. The van der Waals surface area contributed by atoms with Gasteiger partial charge in [-0.1, -0.05) is 25.5 Å². The fourth-order valence-electron chi connectivity index (χ4n) is 2.51. The van der Waals surface area contributed by atoms with Crippen molar-refractivity contribution in [1.29, 1.82) is 0 Å². The molecule has 1 N–H and O–H groups in total. The molecule has 1 aliphatic heterocycles. The van der Waals surface area contributed by atoms with E-state index >= 15 is 0 Å². The van der Waals surface area contributed by atoms with Gasteiger partial charge in [0, 0.05) is 32.2 Å². The number of rotatable bonds is 4. The molecule has 3 heteroatoms. The monoisotopic (exact) mass is 236 g/mol. The van der Waals surface area contributed by atoms with Crippen molar-refractivity contribution in [2.45, 2.75) is 25.8 Å². The summed E-state index contributed by atoms with van der Waals surface area (Å²) < 4.78 is 13.0. The van der Waals surface area contributed by atoms with Gasteiger partial charge in [0.2, 0.25) is 0 Å². The zero-order valence-corrected chi connectivity index (χ0v) is 10.5. The molecular weight excluding hydrogens is 215 g/mol. The third-order valence-electron chi connectivity index (χ3n) is 3.41. The van der Waals surface area contributed by atoms with Gasteiger partial charge in [0.05, 0.1) is 0 Å². The SMILES string of the molecule is CCC[C@@H](c1ccc(F)cc1)N1CCNCC1. The maximum Gasteiger partial charge on any atom is 0.123 e. The highest BCUT2D eigenvalue weighted by Crippen LogP contribution is 2.26. The third kappa shape index (κ3) is 3.27. The largest absolute Gasteiger partial charge is 0.314 e. The van der Waals surface area contributed by atoms with E-state index in [-0.39, 0.29) is 5.82 Å². The molecule has 0 unspecified atom stereocenters. The van der Waals surface area contributed by atoms with E-state index < -0.39 is 0 Å². The molecule has 0 aliphatic carbocycles. The summed E-state index contributed by atoms with van der Waals surface area (Å²) in [5, 5.41) is 3.37. The average molecular weight is 236 g/mol. The molecule has 1 saturated heterocycles. The van der Waals surface area contributed by atoms with Crippen LogP contribution in [0.5, 0.6) is 0 Å². The number of nitrogens with zero attached hydrogens (tertiary/aromatic N) is 1. The minimum atomic E-state index is -0.149. The Morgan fingerprint density at radius 3 is 2.47 bits per heavy atom. The normalized spacial score (nSPS) is 19.2. The number of halogens is 1. The predicted octanol–water partition coefficient (Wildman–Crippen LogP) is 2.57. The molecule has 0 bridgehead atoms. The van der Waals surface area contributed by atoms with Crippen LogP contribution < -0.4 is 5.32 Å². The molecule has 1 heterocycles. The van der Waals surface area contributed by atoms with Gasteiger partial charge in [-0.25, -0.2) is 4.39 Å². The first-order chi connectivity index (χ1) is 8.31. The number of hydrogen-bond donors (Lipinski definition) is 1. The van der Waals surface area contributed by atoms with Gasteiger partial charge in [0.1, 0.15) is 5.82 Å². The highest BCUT2D eigenvalue weighted by molar-refractivity contribution is 5.20. The van der Waals surface area contributed by atoms with Gasteiger partial charge in [0.15, 0.2) is 0 Å². The van der Waals surface area contributed by atoms with E-state index in [4.69, 9.17) is 0 Å². The van der Waals surface area contributed by atoms with Crippen LogP contribution in [0, 0.1) is 5.82 Å². The zero-order chi connectivity index (χ0) is 12.1. The quantitative estimate of drug-likeness (QED) is 0.864. The smallest absolute Gasteiger partial charge is 0.123 e. The van der Waals surface area contributed by atoms with Gasteiger partial charge in [0.25, 0.3) is 0 Å². The molecule has 2 rings (SSSR count). The first kappa shape index (κ1) is 12.5. The molecule has 0 amide bonds. The zero-order valence-electron chi connectivity index (χ0n) is 10.5. The van der Waals surface area contributed by atoms with Gasteiger partial charge in [-0.15, -0.1) is 0 Å². The Morgan fingerprint density at radius 2 is 1.88 bits per heavy atom. The van der Waals surface area contributed by atoms with Crippen LogP contribution in [0.1, 0.15) is 31.4 Å². The number of benzene rings is 1. The Bertz CT molecular complexity index is 331. The van der Waals surface area contributed by atoms with Crippen molar-refractivity contribution in [2.24, 2.45) is 0 Å². The topological polar surface area (TPSA) is 15.3 Å². The Hall–Kier alpha value is -0.930. The van der Waals surface area contributed by atoms with Gasteiger partial charge in [-0.2, -0.15) is 0 Å². The second-order valence-corrected chi connectivity index (χ2v) is 4.64. The van der Waals surface area contributed by atoms with Crippen molar-refractivity contribution < 1.29 is 4.39 Å². The van der Waals surface area contributed by atoms with Crippen LogP contribution >= 0.6 is 0 Å². The lowest BCUT2D eigenvalue weighted by Gasteiger charge is -2.35. The second-order valence-electron chi connectivity index (χ2n) is 4.64. The second kappa shape index (κ2) is 6.12. The highest BCUT2D eigenvalue weighted by atomic mass is 19.1. The Balaban J connectivity index is 2.12. The van der Waals surface area contributed by atoms with Crippen molar-refractivity contribution in [3.8, 4) is 0 Å². The fraction of sp³-hybridized carbons (Fsp3) is 0.571. The fourth-order valence-corrected chi connectivity index (χ4v) is 2.51. The molecule has 0 aromatic heterocycles. The first-order valence-electron chi connectivity index (χ1n) is 6.51. The number of hydrogen-bond acceptors (Lipinski definition) is 2. The van der Waals surface area contributed by atoms with Gasteiger partial charge >= 0.3 is 0 Å². The molecular formula is C14H21FN2. The molecule has 1 atom stereocenters. The lowest BCUT2D eigenvalue weighted by Crippen LogP contribution is -2.45. The van der Waals surface area contributed by atoms with E-state index in [9.17, 15) is 4.39 Å². The van der Waals surface area contributed by atoms with Crippen LogP contribution in [0.15, 0.2) is 24.3 Å². The molecule has 17 heavy (non-hydrogen) atoms. The van der Waals surface area contributed by atoms with E-state index in [1.807, 2.05) is 12.1 Å². The Labute approximate surface area is 103 Å². The van der Waals surface area contributed by atoms with Crippen molar-refractivity contribution >= 4 is 0 Å². The minimum absolute atomic E-state index is 0.149. The minimum Gasteiger partial charge on any atom is -0.314 e. The molecule has 0 saturated carbocycles. The summed E-state index contributed by atoms with van der Waals surface area (Å²) in [7, 11) is 0. The third-order valence-corrected chi connectivity index (χ3v) is 3.41. The average Bonchev–Trinajstić information content (AvgIpc) is 2.38. The van der Waals surface area contributed by atoms with Gasteiger partial charge in [-0.3, -0.25) is 4.90 Å². The molecule has 1 aromatic rings. The molecule has 0 spiro atoms. The van der Waals surface area contributed by atoms with Crippen LogP contribution in [-0.2, 0) is 0 Å². The van der Waals surface area contributed by atoms with Crippen LogP contribution in [0.3, 0.4) is 0 Å². The van der Waals surface area contributed by atoms with Crippen LogP contribution in [0.4, 0.5) is 4.39 Å². The lowest BCUT2D eigenvalue weighted by molar-refractivity contribution is 0.164. The summed E-state index contributed by atoms with van der Waals surface area (Å²) >= 11 is 0. The molecule has 1 aromatic carbocycles. The van der Waals surface area contributed by atoms with Gasteiger partial charge in [-0.05, 0) is 24.1 Å². The Kier molecular flexibility index (Phi) is 4.51. The van der Waals surface area contributed by atoms with E-state index in [0.717, 1.165) is 39.0 Å². The van der Waals surface area contributed by atoms with Crippen molar-refractivity contribution in [3.63, 3.8) is 0 Å². The lowest BCUT2D eigenvalue weighted by atomic mass is 10.00. The molecule has 0 radical (unpaired) electrons. The molecule has 2 nitrogen and oxygen atoms in total. The first-order valence-corrected chi connectivity index (χ1v) is 6.51. The number of piperazine rings is 1. The van der Waals surface area contributed by atoms with Crippen molar-refractivity contribution in [2.75, 3.05) is 26.2 Å². The van der Waals surface area contributed by atoms with Crippen LogP contribution in [0.25, 0.3) is 0 Å². The highest BCUT2D eigenvalue weighted by Gasteiger charge is 2.21. The van der Waals surface area contributed by atoms with E-state index in [1.54, 1.807) is 12.1 Å². The van der Waals surface area contributed by atoms with E-state index in [0.29, 0.717) is 6.04 Å². The summed E-state index contributed by atoms with van der Waals surface area (Å²) in [5.41, 5.74) is 1.25. The Morgan fingerprint density at radius 1 is 1.24 bits per heavy atom. The summed E-state index contributed by atoms with van der Waals surface area (Å²) in [4.78, 5) is 2.51. The van der Waals surface area contributed by atoms with Crippen LogP contribution in [-0.4, -0.2) is 31.1 Å². The van der Waals surface area contributed by atoms with E-state index in [1.165, 1.54) is 5.56 Å². The summed E-state index contributed by atoms with van der Waals surface area (Å²) in [6, 6.07) is 7.44. The standard InChI is InChI=1S/C14H21FN2/c1-2-3-14(17-10-8-16-9-11-17)12-4-6-13(15)7-5-12/h4-7,14,16H,2-3,8-11H2,1H3/t14-/m0/s1. The van der Waals surface area contributed by atoms with Crippen molar-refractivity contribution in [3.05, 3.63) is 35.6 Å². The summed E-state index contributed by atoms with van der Waals surface area (Å²) in [6.45, 7) is 6.49. The maximum atomic E-state index is 13.0. The number of nitrogens with one attached hydrogen (secondary N) is 1. The van der Waals surface area contributed by atoms with Crippen LogP contribution in [0.2, 0.25) is 0 Å². The molecule has 1 aliphatic rings. The summed E-state index contributed by atoms with van der Waals surface area (Å²) in [5.74, 6) is -0.149. The molecule has 1 fully saturated rings. The summed E-state index contributed by atoms with van der Waals surface area (Å²) in [6.07, 6.45) is 2.30. The predicted molar refractivity (Wildman–Crippen MR) is 68.5 cm³/mol. The van der Waals surface area contributed by atoms with Gasteiger partial charge < -0.3 is 5.32 Å².